The molecule has 0 radical (unpaired) electrons. The maximum absolute atomic E-state index is 5.62. The van der Waals surface area contributed by atoms with Gasteiger partial charge < -0.3 is 10.1 Å². The van der Waals surface area contributed by atoms with E-state index in [9.17, 15) is 0 Å². The minimum absolute atomic E-state index is 0.400. The van der Waals surface area contributed by atoms with E-state index in [0.717, 1.165) is 5.92 Å². The first-order valence-corrected chi connectivity index (χ1v) is 7.01. The number of ether oxygens (including phenoxy) is 1. The first kappa shape index (κ1) is 14.0. The van der Waals surface area contributed by atoms with Crippen LogP contribution in [0.15, 0.2) is 0 Å². The summed E-state index contributed by atoms with van der Waals surface area (Å²) in [6, 6.07) is 0.549. The summed E-state index contributed by atoms with van der Waals surface area (Å²) in [7, 11) is 3.93. The molecule has 2 unspecified atom stereocenters. The lowest BCUT2D eigenvalue weighted by Crippen LogP contribution is -2.40. The number of nitrogens with one attached hydrogen (secondary N) is 1. The van der Waals surface area contributed by atoms with Gasteiger partial charge in [0.15, 0.2) is 0 Å². The molecule has 0 spiro atoms. The molecule has 1 aliphatic rings. The molecule has 0 aromatic heterocycles. The van der Waals surface area contributed by atoms with Crippen LogP contribution in [0.2, 0.25) is 0 Å². The van der Waals surface area contributed by atoms with Crippen molar-refractivity contribution in [3.8, 4) is 0 Å². The van der Waals surface area contributed by atoms with Crippen molar-refractivity contribution in [1.29, 1.82) is 0 Å². The molecule has 0 heterocycles. The van der Waals surface area contributed by atoms with Gasteiger partial charge in [-0.15, -0.1) is 0 Å². The predicted molar refractivity (Wildman–Crippen MR) is 69.7 cm³/mol. The first-order chi connectivity index (χ1) is 7.81. The van der Waals surface area contributed by atoms with Gasteiger partial charge in [-0.2, -0.15) is 0 Å². The van der Waals surface area contributed by atoms with Crippen molar-refractivity contribution in [2.24, 2.45) is 5.92 Å². The van der Waals surface area contributed by atoms with Crippen LogP contribution in [-0.4, -0.2) is 26.3 Å². The molecule has 0 aromatic rings. The van der Waals surface area contributed by atoms with Crippen LogP contribution in [0.1, 0.15) is 58.3 Å². The average Bonchev–Trinajstić information content (AvgIpc) is 2.35. The highest BCUT2D eigenvalue weighted by molar-refractivity contribution is 4.80. The van der Waals surface area contributed by atoms with Crippen molar-refractivity contribution in [2.45, 2.75) is 70.4 Å². The summed E-state index contributed by atoms with van der Waals surface area (Å²) in [5.41, 5.74) is 0. The Hall–Kier alpha value is -0.0800. The molecule has 0 saturated heterocycles. The molecule has 0 aliphatic heterocycles. The third kappa shape index (κ3) is 4.42. The highest BCUT2D eigenvalue weighted by Gasteiger charge is 2.23. The fourth-order valence-electron chi connectivity index (χ4n) is 3.01. The molecule has 2 nitrogen and oxygen atoms in total. The molecule has 2 atom stereocenters. The molecule has 1 aliphatic carbocycles. The molecular formula is C14H29NO. The topological polar surface area (TPSA) is 21.3 Å². The van der Waals surface area contributed by atoms with Crippen LogP contribution in [0.4, 0.5) is 0 Å². The lowest BCUT2D eigenvalue weighted by atomic mass is 9.83. The summed E-state index contributed by atoms with van der Waals surface area (Å²) >= 11 is 0. The molecule has 96 valence electrons. The van der Waals surface area contributed by atoms with Crippen molar-refractivity contribution in [2.75, 3.05) is 14.2 Å². The van der Waals surface area contributed by atoms with Crippen LogP contribution in [-0.2, 0) is 4.74 Å². The quantitative estimate of drug-likeness (QED) is 0.720. The van der Waals surface area contributed by atoms with Crippen LogP contribution in [0.5, 0.6) is 0 Å². The van der Waals surface area contributed by atoms with Crippen molar-refractivity contribution in [3.63, 3.8) is 0 Å². The third-order valence-corrected chi connectivity index (χ3v) is 4.01. The SMILES string of the molecule is CCCC(OC)C(CC1CCCCC1)NC. The van der Waals surface area contributed by atoms with Gasteiger partial charge in [-0.1, -0.05) is 45.4 Å². The summed E-state index contributed by atoms with van der Waals surface area (Å²) < 4.78 is 5.62. The second kappa shape index (κ2) is 8.08. The molecule has 0 bridgehead atoms. The highest BCUT2D eigenvalue weighted by Crippen LogP contribution is 2.28. The monoisotopic (exact) mass is 227 g/mol. The molecule has 1 saturated carbocycles. The van der Waals surface area contributed by atoms with E-state index in [1.165, 1.54) is 51.4 Å². The Kier molecular flexibility index (Phi) is 7.06. The molecular weight excluding hydrogens is 198 g/mol. The fourth-order valence-corrected chi connectivity index (χ4v) is 3.01. The molecule has 1 N–H and O–H groups in total. The van der Waals surface area contributed by atoms with Crippen LogP contribution < -0.4 is 5.32 Å². The molecule has 2 heteroatoms. The Morgan fingerprint density at radius 1 is 1.25 bits per heavy atom. The summed E-state index contributed by atoms with van der Waals surface area (Å²) in [5.74, 6) is 0.931. The molecule has 16 heavy (non-hydrogen) atoms. The molecule has 0 amide bonds. The summed E-state index contributed by atoms with van der Waals surface area (Å²) in [5, 5.41) is 3.46. The van der Waals surface area contributed by atoms with Crippen molar-refractivity contribution in [3.05, 3.63) is 0 Å². The van der Waals surface area contributed by atoms with E-state index in [0.29, 0.717) is 12.1 Å². The molecule has 1 fully saturated rings. The lowest BCUT2D eigenvalue weighted by molar-refractivity contribution is 0.0527. The van der Waals surface area contributed by atoms with Gasteiger partial charge in [0.25, 0.3) is 0 Å². The van der Waals surface area contributed by atoms with Crippen molar-refractivity contribution >= 4 is 0 Å². The Morgan fingerprint density at radius 3 is 2.44 bits per heavy atom. The van der Waals surface area contributed by atoms with Gasteiger partial charge in [0, 0.05) is 13.2 Å². The smallest absolute Gasteiger partial charge is 0.0724 e. The van der Waals surface area contributed by atoms with Gasteiger partial charge in [0.05, 0.1) is 6.10 Å². The predicted octanol–water partition coefficient (Wildman–Crippen LogP) is 3.36. The number of likely N-dealkylation sites (N-methyl/N-ethyl adjacent to an activating group) is 1. The van der Waals surface area contributed by atoms with E-state index >= 15 is 0 Å². The Labute approximate surface area is 101 Å². The minimum Gasteiger partial charge on any atom is -0.380 e. The van der Waals surface area contributed by atoms with Crippen molar-refractivity contribution < 1.29 is 4.74 Å². The fraction of sp³-hybridized carbons (Fsp3) is 1.00. The second-order valence-corrected chi connectivity index (χ2v) is 5.20. The zero-order valence-electron chi connectivity index (χ0n) is 11.3. The maximum Gasteiger partial charge on any atom is 0.0724 e. The van der Waals surface area contributed by atoms with Gasteiger partial charge in [-0.3, -0.25) is 0 Å². The van der Waals surface area contributed by atoms with E-state index in [1.807, 2.05) is 7.11 Å². The van der Waals surface area contributed by atoms with Gasteiger partial charge >= 0.3 is 0 Å². The summed E-state index contributed by atoms with van der Waals surface area (Å²) in [4.78, 5) is 0. The van der Waals surface area contributed by atoms with Gasteiger partial charge in [0.1, 0.15) is 0 Å². The Balaban J connectivity index is 2.38. The standard InChI is InChI=1S/C14H29NO/c1-4-8-14(16-3)13(15-2)11-12-9-6-5-7-10-12/h12-15H,4-11H2,1-3H3. The van der Waals surface area contributed by atoms with E-state index < -0.39 is 0 Å². The number of hydrogen-bond donors (Lipinski definition) is 1. The lowest BCUT2D eigenvalue weighted by Gasteiger charge is -2.31. The van der Waals surface area contributed by atoms with E-state index in [2.05, 4.69) is 19.3 Å². The van der Waals surface area contributed by atoms with Gasteiger partial charge in [0.2, 0.25) is 0 Å². The first-order valence-electron chi connectivity index (χ1n) is 7.01. The Bertz CT molecular complexity index is 166. The van der Waals surface area contributed by atoms with E-state index in [4.69, 9.17) is 4.74 Å². The van der Waals surface area contributed by atoms with Crippen LogP contribution in [0.3, 0.4) is 0 Å². The number of rotatable bonds is 7. The second-order valence-electron chi connectivity index (χ2n) is 5.20. The van der Waals surface area contributed by atoms with Crippen LogP contribution >= 0.6 is 0 Å². The zero-order chi connectivity index (χ0) is 11.8. The molecule has 1 rings (SSSR count). The van der Waals surface area contributed by atoms with Crippen LogP contribution in [0.25, 0.3) is 0 Å². The summed E-state index contributed by atoms with van der Waals surface area (Å²) in [6.07, 6.45) is 11.3. The summed E-state index contributed by atoms with van der Waals surface area (Å²) in [6.45, 7) is 2.24. The minimum atomic E-state index is 0.400. The number of methoxy groups -OCH3 is 1. The highest BCUT2D eigenvalue weighted by atomic mass is 16.5. The van der Waals surface area contributed by atoms with Gasteiger partial charge in [-0.05, 0) is 25.8 Å². The van der Waals surface area contributed by atoms with E-state index in [1.54, 1.807) is 0 Å². The molecule has 0 aromatic carbocycles. The van der Waals surface area contributed by atoms with Crippen LogP contribution in [0, 0.1) is 5.92 Å². The maximum atomic E-state index is 5.62. The Morgan fingerprint density at radius 2 is 1.94 bits per heavy atom. The largest absolute Gasteiger partial charge is 0.380 e. The number of hydrogen-bond acceptors (Lipinski definition) is 2. The zero-order valence-corrected chi connectivity index (χ0v) is 11.3. The van der Waals surface area contributed by atoms with Gasteiger partial charge in [-0.25, -0.2) is 0 Å². The third-order valence-electron chi connectivity index (χ3n) is 4.01. The van der Waals surface area contributed by atoms with E-state index in [-0.39, 0.29) is 0 Å². The van der Waals surface area contributed by atoms with Crippen molar-refractivity contribution in [1.82, 2.24) is 5.32 Å². The average molecular weight is 227 g/mol. The normalized spacial score (nSPS) is 21.9.